The van der Waals surface area contributed by atoms with Crippen LogP contribution in [0.5, 0.6) is 0 Å². The summed E-state index contributed by atoms with van der Waals surface area (Å²) in [6.07, 6.45) is 6.42. The SMILES string of the molecule is Cl.O=C(NC1CCN(C(=O)C2CC(F)(F)CN2)CC1)C1CCCCC1. The van der Waals surface area contributed by atoms with Crippen molar-refractivity contribution in [1.82, 2.24) is 15.5 Å². The van der Waals surface area contributed by atoms with Gasteiger partial charge in [0.1, 0.15) is 0 Å². The third-order valence-electron chi connectivity index (χ3n) is 5.54. The number of nitrogens with one attached hydrogen (secondary N) is 2. The van der Waals surface area contributed by atoms with Crippen LogP contribution in [-0.4, -0.2) is 54.4 Å². The molecule has 0 bridgehead atoms. The molecule has 0 aromatic carbocycles. The minimum absolute atomic E-state index is 0. The number of carbonyl (C=O) groups is 2. The summed E-state index contributed by atoms with van der Waals surface area (Å²) >= 11 is 0. The van der Waals surface area contributed by atoms with Crippen LogP contribution in [0.15, 0.2) is 0 Å². The van der Waals surface area contributed by atoms with Crippen molar-refractivity contribution in [3.05, 3.63) is 0 Å². The summed E-state index contributed by atoms with van der Waals surface area (Å²) in [6, 6.07) is -0.671. The zero-order valence-electron chi connectivity index (χ0n) is 14.4. The summed E-state index contributed by atoms with van der Waals surface area (Å²) in [5, 5.41) is 5.74. The molecule has 3 rings (SSSR count). The van der Waals surface area contributed by atoms with Crippen molar-refractivity contribution in [2.75, 3.05) is 19.6 Å². The first-order valence-corrected chi connectivity index (χ1v) is 9.15. The predicted octanol–water partition coefficient (Wildman–Crippen LogP) is 2.09. The fourth-order valence-corrected chi connectivity index (χ4v) is 4.04. The van der Waals surface area contributed by atoms with E-state index in [0.717, 1.165) is 25.7 Å². The van der Waals surface area contributed by atoms with E-state index in [9.17, 15) is 18.4 Å². The molecule has 144 valence electrons. The lowest BCUT2D eigenvalue weighted by Gasteiger charge is -2.34. The Balaban J connectivity index is 0.00000225. The number of rotatable bonds is 3. The molecule has 2 N–H and O–H groups in total. The van der Waals surface area contributed by atoms with E-state index >= 15 is 0 Å². The first kappa shape index (κ1) is 20.4. The van der Waals surface area contributed by atoms with Crippen LogP contribution in [0.2, 0.25) is 0 Å². The highest BCUT2D eigenvalue weighted by Crippen LogP contribution is 2.27. The molecule has 2 heterocycles. The van der Waals surface area contributed by atoms with Gasteiger partial charge in [0.05, 0.1) is 12.6 Å². The van der Waals surface area contributed by atoms with Gasteiger partial charge in [0.2, 0.25) is 11.8 Å². The minimum Gasteiger partial charge on any atom is -0.353 e. The molecule has 1 aliphatic carbocycles. The second-order valence-electron chi connectivity index (χ2n) is 7.44. The van der Waals surface area contributed by atoms with Gasteiger partial charge in [-0.15, -0.1) is 12.4 Å². The molecular weight excluding hydrogens is 352 g/mol. The molecule has 2 amide bonds. The van der Waals surface area contributed by atoms with Crippen LogP contribution < -0.4 is 10.6 Å². The molecule has 1 atom stereocenters. The molecule has 1 saturated carbocycles. The van der Waals surface area contributed by atoms with Crippen molar-refractivity contribution in [2.24, 2.45) is 5.92 Å². The van der Waals surface area contributed by atoms with Crippen LogP contribution >= 0.6 is 12.4 Å². The fourth-order valence-electron chi connectivity index (χ4n) is 4.04. The van der Waals surface area contributed by atoms with Gasteiger partial charge < -0.3 is 10.2 Å². The lowest BCUT2D eigenvalue weighted by molar-refractivity contribution is -0.135. The van der Waals surface area contributed by atoms with Gasteiger partial charge >= 0.3 is 0 Å². The van der Waals surface area contributed by atoms with Gasteiger partial charge in [0.25, 0.3) is 5.92 Å². The van der Waals surface area contributed by atoms with Crippen LogP contribution in [0.1, 0.15) is 51.4 Å². The molecule has 0 spiro atoms. The molecule has 3 fully saturated rings. The van der Waals surface area contributed by atoms with Crippen LogP contribution in [0.25, 0.3) is 0 Å². The third kappa shape index (κ3) is 5.26. The van der Waals surface area contributed by atoms with Gasteiger partial charge in [-0.25, -0.2) is 8.78 Å². The van der Waals surface area contributed by atoms with Crippen LogP contribution in [0.4, 0.5) is 8.78 Å². The first-order chi connectivity index (χ1) is 11.4. The van der Waals surface area contributed by atoms with E-state index in [1.807, 2.05) is 0 Å². The zero-order valence-corrected chi connectivity index (χ0v) is 15.3. The number of alkyl halides is 2. The number of nitrogens with zero attached hydrogens (tertiary/aromatic N) is 1. The van der Waals surface area contributed by atoms with E-state index in [2.05, 4.69) is 10.6 Å². The van der Waals surface area contributed by atoms with Crippen LogP contribution in [0.3, 0.4) is 0 Å². The van der Waals surface area contributed by atoms with E-state index in [-0.39, 0.29) is 36.2 Å². The Morgan fingerprint density at radius 3 is 2.24 bits per heavy atom. The second kappa shape index (κ2) is 8.62. The van der Waals surface area contributed by atoms with Crippen molar-refractivity contribution in [1.29, 1.82) is 0 Å². The van der Waals surface area contributed by atoms with E-state index in [0.29, 0.717) is 25.9 Å². The van der Waals surface area contributed by atoms with Crippen LogP contribution in [-0.2, 0) is 9.59 Å². The Kier molecular flexibility index (Phi) is 7.02. The molecule has 0 aromatic rings. The van der Waals surface area contributed by atoms with Crippen molar-refractivity contribution in [2.45, 2.75) is 69.4 Å². The maximum Gasteiger partial charge on any atom is 0.262 e. The largest absolute Gasteiger partial charge is 0.353 e. The van der Waals surface area contributed by atoms with Gasteiger partial charge in [-0.1, -0.05) is 19.3 Å². The van der Waals surface area contributed by atoms with E-state index in [4.69, 9.17) is 0 Å². The molecule has 2 saturated heterocycles. The quantitative estimate of drug-likeness (QED) is 0.789. The monoisotopic (exact) mass is 379 g/mol. The van der Waals surface area contributed by atoms with E-state index in [1.165, 1.54) is 6.42 Å². The van der Waals surface area contributed by atoms with Gasteiger partial charge in [-0.3, -0.25) is 14.9 Å². The molecule has 5 nitrogen and oxygen atoms in total. The topological polar surface area (TPSA) is 61.4 Å². The standard InChI is InChI=1S/C17H27F2N3O2.ClH/c18-17(19)10-14(20-11-17)16(24)22-8-6-13(7-9-22)21-15(23)12-4-2-1-3-5-12;/h12-14,20H,1-11H2,(H,21,23);1H. The molecule has 0 radical (unpaired) electrons. The summed E-state index contributed by atoms with van der Waals surface area (Å²) in [6.45, 7) is 0.633. The number of hydrogen-bond acceptors (Lipinski definition) is 3. The van der Waals surface area contributed by atoms with Crippen molar-refractivity contribution >= 4 is 24.2 Å². The van der Waals surface area contributed by atoms with Gasteiger partial charge in [0.15, 0.2) is 0 Å². The number of hydrogen-bond donors (Lipinski definition) is 2. The molecule has 25 heavy (non-hydrogen) atoms. The summed E-state index contributed by atoms with van der Waals surface area (Å²) in [5.74, 6) is -2.73. The molecule has 0 aromatic heterocycles. The number of carbonyl (C=O) groups excluding carboxylic acids is 2. The number of likely N-dealkylation sites (tertiary alicyclic amines) is 1. The van der Waals surface area contributed by atoms with Gasteiger partial charge in [-0.05, 0) is 25.7 Å². The Hall–Kier alpha value is -0.950. The van der Waals surface area contributed by atoms with Gasteiger partial charge in [0, 0.05) is 31.5 Å². The summed E-state index contributed by atoms with van der Waals surface area (Å²) in [4.78, 5) is 26.2. The lowest BCUT2D eigenvalue weighted by Crippen LogP contribution is -2.51. The summed E-state index contributed by atoms with van der Waals surface area (Å²) < 4.78 is 26.4. The van der Waals surface area contributed by atoms with Crippen LogP contribution in [0, 0.1) is 5.92 Å². The van der Waals surface area contributed by atoms with Crippen molar-refractivity contribution in [3.63, 3.8) is 0 Å². The highest BCUT2D eigenvalue weighted by Gasteiger charge is 2.43. The molecule has 2 aliphatic heterocycles. The average molecular weight is 380 g/mol. The number of halogens is 3. The van der Waals surface area contributed by atoms with E-state index < -0.39 is 24.9 Å². The first-order valence-electron chi connectivity index (χ1n) is 9.15. The highest BCUT2D eigenvalue weighted by molar-refractivity contribution is 5.85. The minimum atomic E-state index is -2.79. The Labute approximate surface area is 153 Å². The Morgan fingerprint density at radius 2 is 1.68 bits per heavy atom. The predicted molar refractivity (Wildman–Crippen MR) is 92.9 cm³/mol. The number of amides is 2. The summed E-state index contributed by atoms with van der Waals surface area (Å²) in [5.41, 5.74) is 0. The highest BCUT2D eigenvalue weighted by atomic mass is 35.5. The van der Waals surface area contributed by atoms with Gasteiger partial charge in [-0.2, -0.15) is 0 Å². The molecule has 3 aliphatic rings. The maximum absolute atomic E-state index is 13.2. The fraction of sp³-hybridized carbons (Fsp3) is 0.882. The Bertz CT molecular complexity index is 479. The number of piperidine rings is 1. The molecular formula is C17H28ClF2N3O2. The molecule has 1 unspecified atom stereocenters. The average Bonchev–Trinajstić information content (AvgIpc) is 2.95. The third-order valence-corrected chi connectivity index (χ3v) is 5.54. The Morgan fingerprint density at radius 1 is 1.04 bits per heavy atom. The van der Waals surface area contributed by atoms with E-state index in [1.54, 1.807) is 4.90 Å². The van der Waals surface area contributed by atoms with Crippen molar-refractivity contribution in [3.8, 4) is 0 Å². The summed E-state index contributed by atoms with van der Waals surface area (Å²) in [7, 11) is 0. The molecule has 8 heteroatoms. The lowest BCUT2D eigenvalue weighted by atomic mass is 9.88. The van der Waals surface area contributed by atoms with Crippen molar-refractivity contribution < 1.29 is 18.4 Å². The normalized spacial score (nSPS) is 27.6. The maximum atomic E-state index is 13.2. The smallest absolute Gasteiger partial charge is 0.262 e. The second-order valence-corrected chi connectivity index (χ2v) is 7.44. The zero-order chi connectivity index (χ0) is 17.2.